The van der Waals surface area contributed by atoms with Crippen LogP contribution >= 0.6 is 11.3 Å². The first kappa shape index (κ1) is 12.5. The molecule has 0 fully saturated rings. The van der Waals surface area contributed by atoms with E-state index in [1.807, 2.05) is 48.7 Å². The van der Waals surface area contributed by atoms with Crippen LogP contribution in [0.1, 0.15) is 11.3 Å². The number of hydrogen-bond donors (Lipinski definition) is 0. The number of hydrogen-bond acceptors (Lipinski definition) is 4. The number of thiazole rings is 1. The molecule has 96 valence electrons. The zero-order valence-corrected chi connectivity index (χ0v) is 11.7. The van der Waals surface area contributed by atoms with Crippen LogP contribution in [0.4, 0.5) is 0 Å². The number of aryl methyl sites for hydroxylation is 1. The highest BCUT2D eigenvalue weighted by atomic mass is 32.1. The highest BCUT2D eigenvalue weighted by molar-refractivity contribution is 7.13. The summed E-state index contributed by atoms with van der Waals surface area (Å²) in [6.45, 7) is 1.97. The van der Waals surface area contributed by atoms with Gasteiger partial charge in [0, 0.05) is 16.6 Å². The molecule has 0 N–H and O–H groups in total. The van der Waals surface area contributed by atoms with Gasteiger partial charge in [-0.2, -0.15) is 5.26 Å². The molecule has 1 aromatic carbocycles. The second kappa shape index (κ2) is 5.24. The van der Waals surface area contributed by atoms with Gasteiger partial charge in [-0.15, -0.1) is 11.3 Å². The van der Waals surface area contributed by atoms with E-state index in [0.29, 0.717) is 5.56 Å². The van der Waals surface area contributed by atoms with Gasteiger partial charge in [0.1, 0.15) is 5.01 Å². The summed E-state index contributed by atoms with van der Waals surface area (Å²) < 4.78 is 0. The van der Waals surface area contributed by atoms with Gasteiger partial charge in [-0.25, -0.2) is 4.98 Å². The molecule has 3 nitrogen and oxygen atoms in total. The highest BCUT2D eigenvalue weighted by Crippen LogP contribution is 2.28. The van der Waals surface area contributed by atoms with Crippen LogP contribution in [0.5, 0.6) is 0 Å². The Kier molecular flexibility index (Phi) is 3.28. The van der Waals surface area contributed by atoms with Gasteiger partial charge >= 0.3 is 0 Å². The van der Waals surface area contributed by atoms with Gasteiger partial charge in [-0.3, -0.25) is 4.98 Å². The SMILES string of the molecule is Cc1cccc(-c2nc(-c3cccc(C#N)c3)cs2)n1. The number of rotatable bonds is 2. The molecular weight excluding hydrogens is 266 g/mol. The lowest BCUT2D eigenvalue weighted by Crippen LogP contribution is -1.86. The molecule has 2 heterocycles. The number of nitriles is 1. The minimum absolute atomic E-state index is 0.644. The van der Waals surface area contributed by atoms with Crippen molar-refractivity contribution in [3.8, 4) is 28.0 Å². The highest BCUT2D eigenvalue weighted by Gasteiger charge is 2.08. The topological polar surface area (TPSA) is 49.6 Å². The van der Waals surface area contributed by atoms with Gasteiger partial charge in [0.2, 0.25) is 0 Å². The maximum atomic E-state index is 8.94. The molecule has 0 aliphatic carbocycles. The van der Waals surface area contributed by atoms with Gasteiger partial charge in [0.15, 0.2) is 0 Å². The molecule has 0 radical (unpaired) electrons. The van der Waals surface area contributed by atoms with Crippen LogP contribution in [0, 0.1) is 18.3 Å². The molecule has 2 aromatic heterocycles. The Bertz CT molecular complexity index is 799. The fourth-order valence-electron chi connectivity index (χ4n) is 1.93. The smallest absolute Gasteiger partial charge is 0.142 e. The summed E-state index contributed by atoms with van der Waals surface area (Å²) in [4.78, 5) is 9.09. The van der Waals surface area contributed by atoms with Crippen LogP contribution in [0.3, 0.4) is 0 Å². The van der Waals surface area contributed by atoms with Gasteiger partial charge in [-0.05, 0) is 31.2 Å². The summed E-state index contributed by atoms with van der Waals surface area (Å²) in [6, 6.07) is 15.5. The van der Waals surface area contributed by atoms with E-state index in [9.17, 15) is 0 Å². The Morgan fingerprint density at radius 3 is 2.70 bits per heavy atom. The van der Waals surface area contributed by atoms with Crippen molar-refractivity contribution in [2.45, 2.75) is 6.92 Å². The van der Waals surface area contributed by atoms with E-state index < -0.39 is 0 Å². The van der Waals surface area contributed by atoms with Crippen LogP contribution in [-0.2, 0) is 0 Å². The molecule has 0 aliphatic heterocycles. The van der Waals surface area contributed by atoms with Gasteiger partial charge < -0.3 is 0 Å². The molecule has 0 aliphatic rings. The molecule has 0 amide bonds. The van der Waals surface area contributed by atoms with E-state index >= 15 is 0 Å². The third-order valence-corrected chi connectivity index (χ3v) is 3.76. The van der Waals surface area contributed by atoms with Crippen LogP contribution in [-0.4, -0.2) is 9.97 Å². The Labute approximate surface area is 121 Å². The van der Waals surface area contributed by atoms with E-state index in [-0.39, 0.29) is 0 Å². The Balaban J connectivity index is 2.00. The molecule has 0 spiro atoms. The van der Waals surface area contributed by atoms with Gasteiger partial charge in [-0.1, -0.05) is 18.2 Å². The fourth-order valence-corrected chi connectivity index (χ4v) is 2.73. The first-order chi connectivity index (χ1) is 9.76. The second-order valence-corrected chi connectivity index (χ2v) is 5.25. The van der Waals surface area contributed by atoms with Crippen molar-refractivity contribution in [1.82, 2.24) is 9.97 Å². The monoisotopic (exact) mass is 277 g/mol. The molecule has 3 aromatic rings. The lowest BCUT2D eigenvalue weighted by molar-refractivity contribution is 1.19. The maximum Gasteiger partial charge on any atom is 0.142 e. The largest absolute Gasteiger partial charge is 0.251 e. The van der Waals surface area contributed by atoms with Crippen molar-refractivity contribution < 1.29 is 0 Å². The van der Waals surface area contributed by atoms with Crippen LogP contribution < -0.4 is 0 Å². The molecular formula is C16H11N3S. The third kappa shape index (κ3) is 2.44. The van der Waals surface area contributed by atoms with E-state index in [0.717, 1.165) is 27.7 Å². The minimum atomic E-state index is 0.644. The van der Waals surface area contributed by atoms with Gasteiger partial charge in [0.25, 0.3) is 0 Å². The van der Waals surface area contributed by atoms with Crippen LogP contribution in [0.2, 0.25) is 0 Å². The first-order valence-electron chi connectivity index (χ1n) is 6.16. The average molecular weight is 277 g/mol. The standard InChI is InChI=1S/C16H11N3S/c1-11-4-2-7-14(18-11)16-19-15(10-20-16)13-6-3-5-12(8-13)9-17/h2-8,10H,1H3. The quantitative estimate of drug-likeness (QED) is 0.710. The molecule has 4 heteroatoms. The first-order valence-corrected chi connectivity index (χ1v) is 7.04. The molecule has 0 saturated heterocycles. The van der Waals surface area contributed by atoms with Crippen molar-refractivity contribution in [3.63, 3.8) is 0 Å². The van der Waals surface area contributed by atoms with E-state index in [2.05, 4.69) is 16.0 Å². The molecule has 0 unspecified atom stereocenters. The summed E-state index contributed by atoms with van der Waals surface area (Å²) in [5.74, 6) is 0. The minimum Gasteiger partial charge on any atom is -0.251 e. The number of pyridine rings is 1. The second-order valence-electron chi connectivity index (χ2n) is 4.39. The number of aromatic nitrogens is 2. The van der Waals surface area contributed by atoms with E-state index in [1.165, 1.54) is 0 Å². The van der Waals surface area contributed by atoms with E-state index in [1.54, 1.807) is 17.4 Å². The molecule has 20 heavy (non-hydrogen) atoms. The maximum absolute atomic E-state index is 8.94. The summed E-state index contributed by atoms with van der Waals surface area (Å²) in [5.41, 5.74) is 4.35. The predicted octanol–water partition coefficient (Wildman–Crippen LogP) is 4.05. The summed E-state index contributed by atoms with van der Waals surface area (Å²) in [5, 5.41) is 11.8. The summed E-state index contributed by atoms with van der Waals surface area (Å²) >= 11 is 1.56. The predicted molar refractivity (Wildman–Crippen MR) is 80.2 cm³/mol. The Hall–Kier alpha value is -2.51. The summed E-state index contributed by atoms with van der Waals surface area (Å²) in [6.07, 6.45) is 0. The van der Waals surface area contributed by atoms with Gasteiger partial charge in [0.05, 0.1) is 23.0 Å². The van der Waals surface area contributed by atoms with E-state index in [4.69, 9.17) is 5.26 Å². The molecule has 0 bridgehead atoms. The van der Waals surface area contributed by atoms with Crippen LogP contribution in [0.25, 0.3) is 22.0 Å². The zero-order valence-electron chi connectivity index (χ0n) is 10.9. The molecule has 0 saturated carbocycles. The number of benzene rings is 1. The Morgan fingerprint density at radius 1 is 1.05 bits per heavy atom. The van der Waals surface area contributed by atoms with Crippen molar-refractivity contribution in [1.29, 1.82) is 5.26 Å². The third-order valence-electron chi connectivity index (χ3n) is 2.90. The van der Waals surface area contributed by atoms with Crippen molar-refractivity contribution >= 4 is 11.3 Å². The molecule has 3 rings (SSSR count). The normalized spacial score (nSPS) is 10.2. The average Bonchev–Trinajstić information content (AvgIpc) is 2.97. The zero-order chi connectivity index (χ0) is 13.9. The molecule has 0 atom stereocenters. The van der Waals surface area contributed by atoms with Crippen molar-refractivity contribution in [3.05, 3.63) is 59.1 Å². The fraction of sp³-hybridized carbons (Fsp3) is 0.0625. The summed E-state index contributed by atoms with van der Waals surface area (Å²) in [7, 11) is 0. The lowest BCUT2D eigenvalue weighted by Gasteiger charge is -1.98. The lowest BCUT2D eigenvalue weighted by atomic mass is 10.1. The van der Waals surface area contributed by atoms with Crippen LogP contribution in [0.15, 0.2) is 47.8 Å². The number of nitrogens with zero attached hydrogens (tertiary/aromatic N) is 3. The Morgan fingerprint density at radius 2 is 1.90 bits per heavy atom. The van der Waals surface area contributed by atoms with Crippen molar-refractivity contribution in [2.75, 3.05) is 0 Å². The van der Waals surface area contributed by atoms with Crippen molar-refractivity contribution in [2.24, 2.45) is 0 Å².